The lowest BCUT2D eigenvalue weighted by molar-refractivity contribution is 0.0478. The molecule has 1 atom stereocenters. The summed E-state index contributed by atoms with van der Waals surface area (Å²) in [6.45, 7) is 4.65. The van der Waals surface area contributed by atoms with Crippen LogP contribution in [0.15, 0.2) is 22.7 Å². The quantitative estimate of drug-likeness (QED) is 0.819. The van der Waals surface area contributed by atoms with Crippen molar-refractivity contribution in [2.24, 2.45) is 0 Å². The van der Waals surface area contributed by atoms with Crippen LogP contribution in [0, 0.1) is 0 Å². The van der Waals surface area contributed by atoms with Crippen molar-refractivity contribution < 1.29 is 9.26 Å². The number of ether oxygens (including phenoxy) is 1. The molecule has 0 aliphatic heterocycles. The van der Waals surface area contributed by atoms with E-state index in [-0.39, 0.29) is 6.10 Å². The number of benzene rings is 1. The van der Waals surface area contributed by atoms with Gasteiger partial charge in [0.25, 0.3) is 5.89 Å². The highest BCUT2D eigenvalue weighted by Gasteiger charge is 2.18. The predicted octanol–water partition coefficient (Wildman–Crippen LogP) is 3.85. The SMILES string of the molecule is CCCC(OCC)c1noc(-c2ccc(Cl)c(N)c2)n1. The highest BCUT2D eigenvalue weighted by atomic mass is 35.5. The van der Waals surface area contributed by atoms with Gasteiger partial charge in [0.1, 0.15) is 6.10 Å². The molecule has 1 unspecified atom stereocenters. The summed E-state index contributed by atoms with van der Waals surface area (Å²) in [6.07, 6.45) is 1.71. The topological polar surface area (TPSA) is 74.2 Å². The van der Waals surface area contributed by atoms with Gasteiger partial charge in [0.2, 0.25) is 5.82 Å². The average molecular weight is 296 g/mol. The first-order valence-electron chi connectivity index (χ1n) is 6.66. The van der Waals surface area contributed by atoms with Crippen molar-refractivity contribution in [1.82, 2.24) is 10.1 Å². The summed E-state index contributed by atoms with van der Waals surface area (Å²) in [5.41, 5.74) is 7.01. The molecule has 0 aliphatic carbocycles. The molecule has 5 nitrogen and oxygen atoms in total. The van der Waals surface area contributed by atoms with Crippen LogP contribution in [0.4, 0.5) is 5.69 Å². The molecule has 1 aromatic heterocycles. The minimum atomic E-state index is -0.132. The highest BCUT2D eigenvalue weighted by Crippen LogP contribution is 2.27. The zero-order chi connectivity index (χ0) is 14.5. The van der Waals surface area contributed by atoms with Crippen LogP contribution in [0.2, 0.25) is 5.02 Å². The molecule has 0 amide bonds. The first kappa shape index (κ1) is 14.8. The normalized spacial score (nSPS) is 12.6. The van der Waals surface area contributed by atoms with Gasteiger partial charge in [0.15, 0.2) is 0 Å². The summed E-state index contributed by atoms with van der Waals surface area (Å²) in [6, 6.07) is 5.22. The molecule has 0 radical (unpaired) electrons. The Balaban J connectivity index is 2.24. The number of hydrogen-bond acceptors (Lipinski definition) is 5. The second-order valence-corrected chi connectivity index (χ2v) is 4.83. The Hall–Kier alpha value is -1.59. The highest BCUT2D eigenvalue weighted by molar-refractivity contribution is 6.33. The lowest BCUT2D eigenvalue weighted by Crippen LogP contribution is -2.05. The summed E-state index contributed by atoms with van der Waals surface area (Å²) in [4.78, 5) is 4.39. The number of halogens is 1. The molecule has 1 heterocycles. The molecule has 0 bridgehead atoms. The van der Waals surface area contributed by atoms with Gasteiger partial charge in [-0.3, -0.25) is 0 Å². The molecule has 2 N–H and O–H groups in total. The van der Waals surface area contributed by atoms with Crippen molar-refractivity contribution in [3.8, 4) is 11.5 Å². The van der Waals surface area contributed by atoms with E-state index >= 15 is 0 Å². The van der Waals surface area contributed by atoms with Crippen molar-refractivity contribution in [2.45, 2.75) is 32.8 Å². The van der Waals surface area contributed by atoms with Gasteiger partial charge >= 0.3 is 0 Å². The van der Waals surface area contributed by atoms with Gasteiger partial charge in [-0.15, -0.1) is 0 Å². The molecule has 6 heteroatoms. The van der Waals surface area contributed by atoms with Gasteiger partial charge in [-0.2, -0.15) is 4.98 Å². The molecule has 1 aromatic carbocycles. The van der Waals surface area contributed by atoms with Crippen molar-refractivity contribution in [3.63, 3.8) is 0 Å². The smallest absolute Gasteiger partial charge is 0.258 e. The predicted molar refractivity (Wildman–Crippen MR) is 78.4 cm³/mol. The molecule has 0 spiro atoms. The fourth-order valence-corrected chi connectivity index (χ4v) is 2.03. The van der Waals surface area contributed by atoms with Crippen LogP contribution in [-0.2, 0) is 4.74 Å². The van der Waals surface area contributed by atoms with Gasteiger partial charge in [-0.1, -0.05) is 30.1 Å². The fourth-order valence-electron chi connectivity index (χ4n) is 1.91. The van der Waals surface area contributed by atoms with E-state index in [2.05, 4.69) is 17.1 Å². The first-order chi connectivity index (χ1) is 9.65. The molecular formula is C14H18ClN3O2. The monoisotopic (exact) mass is 295 g/mol. The molecule has 2 aromatic rings. The van der Waals surface area contributed by atoms with Crippen LogP contribution < -0.4 is 5.73 Å². The van der Waals surface area contributed by atoms with Crippen LogP contribution in [0.5, 0.6) is 0 Å². The minimum absolute atomic E-state index is 0.132. The number of anilines is 1. The second-order valence-electron chi connectivity index (χ2n) is 4.43. The molecule has 20 heavy (non-hydrogen) atoms. The largest absolute Gasteiger partial charge is 0.398 e. The number of hydrogen-bond donors (Lipinski definition) is 1. The molecule has 0 fully saturated rings. The van der Waals surface area contributed by atoms with E-state index in [0.717, 1.165) is 18.4 Å². The third-order valence-electron chi connectivity index (χ3n) is 2.89. The minimum Gasteiger partial charge on any atom is -0.398 e. The Labute approximate surface area is 123 Å². The van der Waals surface area contributed by atoms with E-state index < -0.39 is 0 Å². The Bertz CT molecular complexity index is 565. The number of nitrogens with zero attached hydrogens (tertiary/aromatic N) is 2. The number of aromatic nitrogens is 2. The van der Waals surface area contributed by atoms with Crippen LogP contribution in [0.3, 0.4) is 0 Å². The maximum Gasteiger partial charge on any atom is 0.258 e. The van der Waals surface area contributed by atoms with E-state index in [1.807, 2.05) is 6.92 Å². The van der Waals surface area contributed by atoms with Crippen LogP contribution in [0.1, 0.15) is 38.6 Å². The van der Waals surface area contributed by atoms with E-state index in [0.29, 0.717) is 29.0 Å². The maximum absolute atomic E-state index is 5.89. The van der Waals surface area contributed by atoms with Crippen molar-refractivity contribution in [1.29, 1.82) is 0 Å². The lowest BCUT2D eigenvalue weighted by atomic mass is 10.2. The third-order valence-corrected chi connectivity index (χ3v) is 3.24. The second kappa shape index (κ2) is 6.72. The zero-order valence-corrected chi connectivity index (χ0v) is 12.4. The van der Waals surface area contributed by atoms with Crippen molar-refractivity contribution in [3.05, 3.63) is 29.0 Å². The van der Waals surface area contributed by atoms with E-state index in [9.17, 15) is 0 Å². The van der Waals surface area contributed by atoms with E-state index in [4.69, 9.17) is 26.6 Å². The van der Waals surface area contributed by atoms with Crippen LogP contribution in [0.25, 0.3) is 11.5 Å². The maximum atomic E-state index is 5.89. The zero-order valence-electron chi connectivity index (χ0n) is 11.6. The molecular weight excluding hydrogens is 278 g/mol. The van der Waals surface area contributed by atoms with Crippen LogP contribution in [-0.4, -0.2) is 16.7 Å². The Kier molecular flexibility index (Phi) is 4.98. The molecule has 0 aliphatic rings. The number of nitrogens with two attached hydrogens (primary N) is 1. The number of rotatable bonds is 6. The summed E-state index contributed by atoms with van der Waals surface area (Å²) >= 11 is 5.89. The molecule has 0 saturated heterocycles. The van der Waals surface area contributed by atoms with E-state index in [1.54, 1.807) is 18.2 Å². The lowest BCUT2D eigenvalue weighted by Gasteiger charge is -2.11. The van der Waals surface area contributed by atoms with Crippen molar-refractivity contribution >= 4 is 17.3 Å². The van der Waals surface area contributed by atoms with Gasteiger partial charge in [0.05, 0.1) is 10.7 Å². The van der Waals surface area contributed by atoms with Crippen LogP contribution >= 0.6 is 11.6 Å². The first-order valence-corrected chi connectivity index (χ1v) is 7.04. The van der Waals surface area contributed by atoms with E-state index in [1.165, 1.54) is 0 Å². The van der Waals surface area contributed by atoms with Crippen molar-refractivity contribution in [2.75, 3.05) is 12.3 Å². The summed E-state index contributed by atoms with van der Waals surface area (Å²) in [5.74, 6) is 0.987. The summed E-state index contributed by atoms with van der Waals surface area (Å²) in [7, 11) is 0. The average Bonchev–Trinajstić information content (AvgIpc) is 2.91. The number of nitrogen functional groups attached to an aromatic ring is 1. The molecule has 2 rings (SSSR count). The Morgan fingerprint density at radius 2 is 2.20 bits per heavy atom. The Morgan fingerprint density at radius 3 is 2.85 bits per heavy atom. The van der Waals surface area contributed by atoms with Gasteiger partial charge in [-0.25, -0.2) is 0 Å². The Morgan fingerprint density at radius 1 is 1.40 bits per heavy atom. The fraction of sp³-hybridized carbons (Fsp3) is 0.429. The van der Waals surface area contributed by atoms with Gasteiger partial charge < -0.3 is 15.0 Å². The molecule has 108 valence electrons. The van der Waals surface area contributed by atoms with Gasteiger partial charge in [0, 0.05) is 12.2 Å². The third kappa shape index (κ3) is 3.29. The summed E-state index contributed by atoms with van der Waals surface area (Å²) < 4.78 is 10.9. The summed E-state index contributed by atoms with van der Waals surface area (Å²) in [5, 5.41) is 4.50. The molecule has 0 saturated carbocycles. The standard InChI is InChI=1S/C14H18ClN3O2/c1-3-5-12(19-4-2)13-17-14(20-18-13)9-6-7-10(15)11(16)8-9/h6-8,12H,3-5,16H2,1-2H3. The van der Waals surface area contributed by atoms with Gasteiger partial charge in [-0.05, 0) is 31.5 Å².